The number of amides is 1. The van der Waals surface area contributed by atoms with Gasteiger partial charge in [0.2, 0.25) is 5.91 Å². The molecule has 0 radical (unpaired) electrons. The first-order valence-corrected chi connectivity index (χ1v) is 9.73. The first kappa shape index (κ1) is 20.1. The number of carbonyl (C=O) groups is 1. The van der Waals surface area contributed by atoms with Gasteiger partial charge in [-0.25, -0.2) is 0 Å². The van der Waals surface area contributed by atoms with E-state index in [2.05, 4.69) is 10.2 Å². The summed E-state index contributed by atoms with van der Waals surface area (Å²) in [6.07, 6.45) is 3.38. The molecule has 5 nitrogen and oxygen atoms in total. The molecule has 1 amide bonds. The minimum Gasteiger partial charge on any atom is -0.492 e. The summed E-state index contributed by atoms with van der Waals surface area (Å²) in [5, 5.41) is 2.91. The van der Waals surface area contributed by atoms with E-state index in [1.807, 2.05) is 61.5 Å². The minimum absolute atomic E-state index is 0.112. The van der Waals surface area contributed by atoms with Crippen molar-refractivity contribution in [2.75, 3.05) is 39.5 Å². The first-order chi connectivity index (χ1) is 13.7. The second-order valence-corrected chi connectivity index (χ2v) is 6.91. The third kappa shape index (κ3) is 6.83. The van der Waals surface area contributed by atoms with Gasteiger partial charge in [-0.05, 0) is 36.3 Å². The standard InChI is InChI=1S/C23H28N2O3/c1-19-5-7-20(8-6-19)9-10-23(26)24-18-21-3-2-4-22(17-21)28-16-13-25-11-14-27-15-12-25/h2-10,17H,11-16,18H2,1H3,(H,24,26)/b10-9+. The highest BCUT2D eigenvalue weighted by Gasteiger charge is 2.09. The van der Waals surface area contributed by atoms with Gasteiger partial charge in [0.15, 0.2) is 0 Å². The molecule has 0 bridgehead atoms. The predicted molar refractivity (Wildman–Crippen MR) is 111 cm³/mol. The van der Waals surface area contributed by atoms with Crippen molar-refractivity contribution in [3.63, 3.8) is 0 Å². The highest BCUT2D eigenvalue weighted by Crippen LogP contribution is 2.13. The van der Waals surface area contributed by atoms with Crippen LogP contribution in [0, 0.1) is 6.92 Å². The number of hydrogen-bond donors (Lipinski definition) is 1. The molecule has 2 aromatic rings. The van der Waals surface area contributed by atoms with E-state index >= 15 is 0 Å². The number of nitrogens with zero attached hydrogens (tertiary/aromatic N) is 1. The molecule has 3 rings (SSSR count). The lowest BCUT2D eigenvalue weighted by Gasteiger charge is -2.26. The lowest BCUT2D eigenvalue weighted by atomic mass is 10.1. The molecular weight excluding hydrogens is 352 g/mol. The first-order valence-electron chi connectivity index (χ1n) is 9.73. The molecule has 1 saturated heterocycles. The summed E-state index contributed by atoms with van der Waals surface area (Å²) in [6, 6.07) is 15.9. The number of rotatable bonds is 8. The molecule has 1 aliphatic heterocycles. The van der Waals surface area contributed by atoms with Crippen LogP contribution in [0.5, 0.6) is 5.75 Å². The lowest BCUT2D eigenvalue weighted by molar-refractivity contribution is -0.116. The zero-order valence-electron chi connectivity index (χ0n) is 16.4. The van der Waals surface area contributed by atoms with Gasteiger partial charge < -0.3 is 14.8 Å². The van der Waals surface area contributed by atoms with Crippen molar-refractivity contribution in [3.05, 3.63) is 71.3 Å². The third-order valence-electron chi connectivity index (χ3n) is 4.65. The number of hydrogen-bond acceptors (Lipinski definition) is 4. The van der Waals surface area contributed by atoms with Crippen molar-refractivity contribution in [2.24, 2.45) is 0 Å². The van der Waals surface area contributed by atoms with Gasteiger partial charge in [-0.15, -0.1) is 0 Å². The van der Waals surface area contributed by atoms with Crippen LogP contribution in [0.2, 0.25) is 0 Å². The number of morpholine rings is 1. The predicted octanol–water partition coefficient (Wildman–Crippen LogP) is 3.04. The van der Waals surface area contributed by atoms with E-state index in [1.54, 1.807) is 6.08 Å². The van der Waals surface area contributed by atoms with Gasteiger partial charge in [-0.3, -0.25) is 9.69 Å². The molecule has 0 aromatic heterocycles. The van der Waals surface area contributed by atoms with E-state index in [0.29, 0.717) is 13.2 Å². The van der Waals surface area contributed by atoms with Crippen molar-refractivity contribution in [2.45, 2.75) is 13.5 Å². The number of ether oxygens (including phenoxy) is 2. The monoisotopic (exact) mass is 380 g/mol. The molecule has 0 atom stereocenters. The van der Waals surface area contributed by atoms with Gasteiger partial charge in [-0.2, -0.15) is 0 Å². The van der Waals surface area contributed by atoms with Crippen LogP contribution in [0.1, 0.15) is 16.7 Å². The van der Waals surface area contributed by atoms with Crippen molar-refractivity contribution in [3.8, 4) is 5.75 Å². The van der Waals surface area contributed by atoms with E-state index in [0.717, 1.165) is 49.7 Å². The summed E-state index contributed by atoms with van der Waals surface area (Å²) in [5.74, 6) is 0.717. The second-order valence-electron chi connectivity index (χ2n) is 6.91. The van der Waals surface area contributed by atoms with E-state index in [9.17, 15) is 4.79 Å². The Labute approximate surface area is 167 Å². The Bertz CT molecular complexity index is 781. The van der Waals surface area contributed by atoms with Crippen molar-refractivity contribution in [1.29, 1.82) is 0 Å². The second kappa shape index (κ2) is 10.6. The van der Waals surface area contributed by atoms with Crippen molar-refractivity contribution in [1.82, 2.24) is 10.2 Å². The van der Waals surface area contributed by atoms with Crippen molar-refractivity contribution < 1.29 is 14.3 Å². The molecular formula is C23H28N2O3. The van der Waals surface area contributed by atoms with Gasteiger partial charge in [-0.1, -0.05) is 42.0 Å². The number of benzene rings is 2. The van der Waals surface area contributed by atoms with Crippen LogP contribution < -0.4 is 10.1 Å². The fraction of sp³-hybridized carbons (Fsp3) is 0.348. The van der Waals surface area contributed by atoms with Gasteiger partial charge in [0.25, 0.3) is 0 Å². The summed E-state index contributed by atoms with van der Waals surface area (Å²) < 4.78 is 11.2. The van der Waals surface area contributed by atoms with Crippen LogP contribution in [0.3, 0.4) is 0 Å². The normalized spacial score (nSPS) is 14.9. The molecule has 0 aliphatic carbocycles. The maximum Gasteiger partial charge on any atom is 0.244 e. The fourth-order valence-electron chi connectivity index (χ4n) is 2.96. The lowest BCUT2D eigenvalue weighted by Crippen LogP contribution is -2.38. The SMILES string of the molecule is Cc1ccc(/C=C/C(=O)NCc2cccc(OCCN3CCOCC3)c2)cc1. The van der Waals surface area contributed by atoms with Gasteiger partial charge in [0, 0.05) is 32.3 Å². The van der Waals surface area contributed by atoms with Gasteiger partial charge in [0.1, 0.15) is 12.4 Å². The molecule has 2 aromatic carbocycles. The highest BCUT2D eigenvalue weighted by molar-refractivity contribution is 5.91. The Morgan fingerprint density at radius 1 is 1.18 bits per heavy atom. The zero-order chi connectivity index (χ0) is 19.6. The molecule has 0 spiro atoms. The van der Waals surface area contributed by atoms with Crippen molar-refractivity contribution >= 4 is 12.0 Å². The van der Waals surface area contributed by atoms with Crippen LogP contribution in [-0.4, -0.2) is 50.3 Å². The molecule has 28 heavy (non-hydrogen) atoms. The molecule has 148 valence electrons. The number of aryl methyl sites for hydroxylation is 1. The largest absolute Gasteiger partial charge is 0.492 e. The average molecular weight is 380 g/mol. The molecule has 1 N–H and O–H groups in total. The molecule has 1 fully saturated rings. The quantitative estimate of drug-likeness (QED) is 0.715. The smallest absolute Gasteiger partial charge is 0.244 e. The molecule has 1 aliphatic rings. The maximum absolute atomic E-state index is 12.0. The topological polar surface area (TPSA) is 50.8 Å². The molecule has 0 unspecified atom stereocenters. The van der Waals surface area contributed by atoms with Crippen LogP contribution >= 0.6 is 0 Å². The Morgan fingerprint density at radius 3 is 2.75 bits per heavy atom. The summed E-state index contributed by atoms with van der Waals surface area (Å²) >= 11 is 0. The average Bonchev–Trinajstić information content (AvgIpc) is 2.73. The van der Waals surface area contributed by atoms with Gasteiger partial charge in [0.05, 0.1) is 13.2 Å². The summed E-state index contributed by atoms with van der Waals surface area (Å²) in [5.41, 5.74) is 3.23. The van der Waals surface area contributed by atoms with E-state index in [4.69, 9.17) is 9.47 Å². The fourth-order valence-corrected chi connectivity index (χ4v) is 2.96. The Kier molecular flexibility index (Phi) is 7.64. The van der Waals surface area contributed by atoms with E-state index in [1.165, 1.54) is 5.56 Å². The van der Waals surface area contributed by atoms with Crippen LogP contribution in [0.4, 0.5) is 0 Å². The number of carbonyl (C=O) groups excluding carboxylic acids is 1. The maximum atomic E-state index is 12.0. The number of nitrogens with one attached hydrogen (secondary N) is 1. The highest BCUT2D eigenvalue weighted by atomic mass is 16.5. The van der Waals surface area contributed by atoms with Crippen LogP contribution in [0.25, 0.3) is 6.08 Å². The molecule has 0 saturated carbocycles. The van der Waals surface area contributed by atoms with Crippen LogP contribution in [-0.2, 0) is 16.1 Å². The summed E-state index contributed by atoms with van der Waals surface area (Å²) in [6.45, 7) is 7.58. The van der Waals surface area contributed by atoms with Gasteiger partial charge >= 0.3 is 0 Å². The molecule has 5 heteroatoms. The Morgan fingerprint density at radius 2 is 1.96 bits per heavy atom. The Balaban J connectivity index is 1.42. The van der Waals surface area contributed by atoms with E-state index in [-0.39, 0.29) is 5.91 Å². The summed E-state index contributed by atoms with van der Waals surface area (Å²) in [4.78, 5) is 14.4. The molecule has 1 heterocycles. The van der Waals surface area contributed by atoms with Crippen LogP contribution in [0.15, 0.2) is 54.6 Å². The third-order valence-corrected chi connectivity index (χ3v) is 4.65. The Hall–Kier alpha value is -2.63. The zero-order valence-corrected chi connectivity index (χ0v) is 16.4. The summed E-state index contributed by atoms with van der Waals surface area (Å²) in [7, 11) is 0. The van der Waals surface area contributed by atoms with E-state index < -0.39 is 0 Å². The minimum atomic E-state index is -0.112.